The molecule has 0 aromatic heterocycles. The lowest BCUT2D eigenvalue weighted by molar-refractivity contribution is -0.141. The van der Waals surface area contributed by atoms with Crippen LogP contribution in [0.4, 0.5) is 0 Å². The smallest absolute Gasteiger partial charge is 0.243 e. The molecule has 0 bridgehead atoms. The molecule has 0 spiro atoms. The van der Waals surface area contributed by atoms with Gasteiger partial charge >= 0.3 is 0 Å². The van der Waals surface area contributed by atoms with Gasteiger partial charge in [-0.25, -0.2) is 0 Å². The molecule has 0 saturated heterocycles. The first-order valence-electron chi connectivity index (χ1n) is 13.0. The highest BCUT2D eigenvalue weighted by molar-refractivity contribution is 6.30. The van der Waals surface area contributed by atoms with Crippen LogP contribution in [-0.4, -0.2) is 43.0 Å². The standard InChI is InChI=1S/C31H37ClN2O4/c1-23(2)21-33-31(36)29(20-24-9-5-4-6-10-24)34(22-25-11-7-12-28(19-25)37-3)30(35)13-8-18-38-27-16-14-26(32)15-17-27/h4-7,9-12,14-17,19,23,29H,8,13,18,20-22H2,1-3H3,(H,33,36)/t29-/m0/s1. The van der Waals surface area contributed by atoms with E-state index in [-0.39, 0.29) is 18.2 Å². The maximum Gasteiger partial charge on any atom is 0.243 e. The van der Waals surface area contributed by atoms with Crippen molar-refractivity contribution in [1.82, 2.24) is 10.2 Å². The maximum atomic E-state index is 13.7. The van der Waals surface area contributed by atoms with E-state index in [0.717, 1.165) is 11.1 Å². The topological polar surface area (TPSA) is 67.9 Å². The van der Waals surface area contributed by atoms with Gasteiger partial charge in [0, 0.05) is 31.0 Å². The molecule has 6 nitrogen and oxygen atoms in total. The fraction of sp³-hybridized carbons (Fsp3) is 0.355. The zero-order valence-electron chi connectivity index (χ0n) is 22.4. The Bertz CT molecular complexity index is 1150. The van der Waals surface area contributed by atoms with E-state index >= 15 is 0 Å². The Balaban J connectivity index is 1.80. The molecule has 0 heterocycles. The van der Waals surface area contributed by atoms with Crippen molar-refractivity contribution in [3.63, 3.8) is 0 Å². The number of benzene rings is 3. The largest absolute Gasteiger partial charge is 0.497 e. The zero-order valence-corrected chi connectivity index (χ0v) is 23.1. The molecule has 0 saturated carbocycles. The molecule has 0 radical (unpaired) electrons. The lowest BCUT2D eigenvalue weighted by Crippen LogP contribution is -2.51. The van der Waals surface area contributed by atoms with Crippen LogP contribution in [0.3, 0.4) is 0 Å². The van der Waals surface area contributed by atoms with Gasteiger partial charge in [0.2, 0.25) is 11.8 Å². The lowest BCUT2D eigenvalue weighted by Gasteiger charge is -2.32. The Morgan fingerprint density at radius 2 is 1.63 bits per heavy atom. The predicted molar refractivity (Wildman–Crippen MR) is 152 cm³/mol. The van der Waals surface area contributed by atoms with Crippen LogP contribution >= 0.6 is 11.6 Å². The van der Waals surface area contributed by atoms with E-state index in [9.17, 15) is 9.59 Å². The molecule has 1 N–H and O–H groups in total. The maximum absolute atomic E-state index is 13.7. The monoisotopic (exact) mass is 536 g/mol. The summed E-state index contributed by atoms with van der Waals surface area (Å²) in [4.78, 5) is 28.9. The SMILES string of the molecule is COc1cccc(CN(C(=O)CCCOc2ccc(Cl)cc2)[C@@H](Cc2ccccc2)C(=O)NCC(C)C)c1. The summed E-state index contributed by atoms with van der Waals surface area (Å²) in [6.07, 6.45) is 1.18. The summed E-state index contributed by atoms with van der Waals surface area (Å²) in [6, 6.07) is 23.9. The van der Waals surface area contributed by atoms with Crippen molar-refractivity contribution in [1.29, 1.82) is 0 Å². The molecule has 3 aromatic carbocycles. The van der Waals surface area contributed by atoms with E-state index in [1.54, 1.807) is 36.3 Å². The van der Waals surface area contributed by atoms with Crippen molar-refractivity contribution in [2.24, 2.45) is 5.92 Å². The summed E-state index contributed by atoms with van der Waals surface area (Å²) in [5.41, 5.74) is 1.89. The Morgan fingerprint density at radius 1 is 0.921 bits per heavy atom. The van der Waals surface area contributed by atoms with Crippen molar-refractivity contribution in [2.45, 2.75) is 45.7 Å². The van der Waals surface area contributed by atoms with E-state index in [2.05, 4.69) is 5.32 Å². The molecule has 1 atom stereocenters. The van der Waals surface area contributed by atoms with Crippen LogP contribution in [0.5, 0.6) is 11.5 Å². The number of carbonyl (C=O) groups is 2. The third-order valence-corrected chi connectivity index (χ3v) is 6.31. The average Bonchev–Trinajstić information content (AvgIpc) is 2.93. The highest BCUT2D eigenvalue weighted by Gasteiger charge is 2.30. The minimum atomic E-state index is -0.660. The van der Waals surface area contributed by atoms with Crippen LogP contribution in [0.15, 0.2) is 78.9 Å². The number of carbonyl (C=O) groups excluding carboxylic acids is 2. The number of halogens is 1. The first-order valence-corrected chi connectivity index (χ1v) is 13.4. The zero-order chi connectivity index (χ0) is 27.3. The molecule has 3 aromatic rings. The van der Waals surface area contributed by atoms with E-state index in [4.69, 9.17) is 21.1 Å². The molecule has 3 rings (SSSR count). The molecule has 38 heavy (non-hydrogen) atoms. The van der Waals surface area contributed by atoms with Crippen molar-refractivity contribution in [3.05, 3.63) is 95.0 Å². The molecular formula is C31H37ClN2O4. The van der Waals surface area contributed by atoms with Crippen LogP contribution in [0.25, 0.3) is 0 Å². The predicted octanol–water partition coefficient (Wildman–Crippen LogP) is 5.92. The third kappa shape index (κ3) is 9.42. The van der Waals surface area contributed by atoms with Gasteiger partial charge in [0.1, 0.15) is 17.5 Å². The quantitative estimate of drug-likeness (QED) is 0.260. The second-order valence-electron chi connectivity index (χ2n) is 9.62. The van der Waals surface area contributed by atoms with Crippen molar-refractivity contribution in [2.75, 3.05) is 20.3 Å². The molecule has 7 heteroatoms. The van der Waals surface area contributed by atoms with Gasteiger partial charge < -0.3 is 19.7 Å². The van der Waals surface area contributed by atoms with Crippen LogP contribution in [0.1, 0.15) is 37.8 Å². The minimum absolute atomic E-state index is 0.104. The number of methoxy groups -OCH3 is 1. The van der Waals surface area contributed by atoms with Crippen molar-refractivity contribution >= 4 is 23.4 Å². The second-order valence-corrected chi connectivity index (χ2v) is 10.1. The fourth-order valence-electron chi connectivity index (χ4n) is 4.03. The van der Waals surface area contributed by atoms with Gasteiger partial charge in [-0.2, -0.15) is 0 Å². The second kappa shape index (κ2) is 15.0. The molecule has 2 amide bonds. The Hall–Kier alpha value is -3.51. The van der Waals surface area contributed by atoms with Crippen LogP contribution < -0.4 is 14.8 Å². The fourth-order valence-corrected chi connectivity index (χ4v) is 4.16. The first kappa shape index (κ1) is 29.1. The number of rotatable bonds is 14. The van der Waals surface area contributed by atoms with Gasteiger partial charge in [-0.3, -0.25) is 9.59 Å². The number of ether oxygens (including phenoxy) is 2. The molecule has 0 fully saturated rings. The molecule has 0 aliphatic carbocycles. The minimum Gasteiger partial charge on any atom is -0.497 e. The van der Waals surface area contributed by atoms with Gasteiger partial charge in [0.25, 0.3) is 0 Å². The number of hydrogen-bond donors (Lipinski definition) is 1. The first-order chi connectivity index (χ1) is 18.4. The summed E-state index contributed by atoms with van der Waals surface area (Å²) in [6.45, 7) is 5.31. The summed E-state index contributed by atoms with van der Waals surface area (Å²) in [7, 11) is 1.61. The van der Waals surface area contributed by atoms with Crippen LogP contribution in [-0.2, 0) is 22.6 Å². The van der Waals surface area contributed by atoms with Gasteiger partial charge in [-0.05, 0) is 59.9 Å². The highest BCUT2D eigenvalue weighted by atomic mass is 35.5. The van der Waals surface area contributed by atoms with Gasteiger partial charge in [-0.1, -0.05) is 67.9 Å². The van der Waals surface area contributed by atoms with E-state index in [0.29, 0.717) is 55.0 Å². The number of hydrogen-bond acceptors (Lipinski definition) is 4. The highest BCUT2D eigenvalue weighted by Crippen LogP contribution is 2.20. The summed E-state index contributed by atoms with van der Waals surface area (Å²) in [5.74, 6) is 1.44. The van der Waals surface area contributed by atoms with Crippen LogP contribution in [0, 0.1) is 5.92 Å². The number of amides is 2. The van der Waals surface area contributed by atoms with E-state index in [1.165, 1.54) is 0 Å². The lowest BCUT2D eigenvalue weighted by atomic mass is 10.0. The normalized spacial score (nSPS) is 11.6. The van der Waals surface area contributed by atoms with Gasteiger partial charge in [-0.15, -0.1) is 0 Å². The molecule has 0 aliphatic heterocycles. The number of nitrogens with zero attached hydrogens (tertiary/aromatic N) is 1. The molecular weight excluding hydrogens is 500 g/mol. The number of nitrogens with one attached hydrogen (secondary N) is 1. The Labute approximate surface area is 230 Å². The Kier molecular flexibility index (Phi) is 11.5. The van der Waals surface area contributed by atoms with Crippen molar-refractivity contribution < 1.29 is 19.1 Å². The van der Waals surface area contributed by atoms with Gasteiger partial charge in [0.05, 0.1) is 13.7 Å². The summed E-state index contributed by atoms with van der Waals surface area (Å²) >= 11 is 5.94. The molecule has 202 valence electrons. The molecule has 0 unspecified atom stereocenters. The molecule has 0 aliphatic rings. The average molecular weight is 537 g/mol. The Morgan fingerprint density at radius 3 is 2.32 bits per heavy atom. The van der Waals surface area contributed by atoms with Gasteiger partial charge in [0.15, 0.2) is 0 Å². The summed E-state index contributed by atoms with van der Waals surface area (Å²) < 4.78 is 11.2. The van der Waals surface area contributed by atoms with Crippen LogP contribution in [0.2, 0.25) is 5.02 Å². The summed E-state index contributed by atoms with van der Waals surface area (Å²) in [5, 5.41) is 3.69. The van der Waals surface area contributed by atoms with E-state index < -0.39 is 6.04 Å². The van der Waals surface area contributed by atoms with E-state index in [1.807, 2.05) is 68.4 Å². The third-order valence-electron chi connectivity index (χ3n) is 6.06. The van der Waals surface area contributed by atoms with Crippen molar-refractivity contribution in [3.8, 4) is 11.5 Å².